The van der Waals surface area contributed by atoms with E-state index in [1.54, 1.807) is 18.3 Å². The van der Waals surface area contributed by atoms with Gasteiger partial charge < -0.3 is 9.99 Å². The van der Waals surface area contributed by atoms with Crippen LogP contribution in [0, 0.1) is 10.1 Å². The largest absolute Gasteiger partial charge is 0.346 e. The van der Waals surface area contributed by atoms with Crippen molar-refractivity contribution in [2.45, 2.75) is 19.3 Å². The van der Waals surface area contributed by atoms with Gasteiger partial charge in [0.1, 0.15) is 0 Å². The summed E-state index contributed by atoms with van der Waals surface area (Å²) >= 11 is 0. The van der Waals surface area contributed by atoms with Crippen LogP contribution in [0.1, 0.15) is 19.4 Å². The summed E-state index contributed by atoms with van der Waals surface area (Å²) in [5.41, 5.74) is 3.85. The van der Waals surface area contributed by atoms with Crippen LogP contribution in [0.15, 0.2) is 95.0 Å². The first kappa shape index (κ1) is 21.9. The molecular formula is C25H24N5O3P. The van der Waals surface area contributed by atoms with Gasteiger partial charge in [-0.2, -0.15) is 9.88 Å². The third kappa shape index (κ3) is 3.30. The highest BCUT2D eigenvalue weighted by atomic mass is 31.2. The Kier molecular flexibility index (Phi) is 5.06. The summed E-state index contributed by atoms with van der Waals surface area (Å²) < 4.78 is 16.4. The Bertz CT molecular complexity index is 1380. The Morgan fingerprint density at radius 1 is 0.971 bits per heavy atom. The van der Waals surface area contributed by atoms with Gasteiger partial charge in [0.2, 0.25) is 0 Å². The SMILES string of the molecule is CN1/C(=C2/C=NN(c3ccccc3)P2(=O)Nc2ccc([N+](=O)[O-])cc2)C(C)(C)c2ccccc21. The van der Waals surface area contributed by atoms with E-state index >= 15 is 0 Å². The number of benzene rings is 3. The molecule has 0 amide bonds. The van der Waals surface area contributed by atoms with Gasteiger partial charge in [0.15, 0.2) is 0 Å². The molecule has 0 radical (unpaired) electrons. The standard InChI is InChI=1S/C25H24N5O3P/c1-25(2)21-11-7-8-12-22(21)28(3)24(25)23-17-26-29(19-9-5-4-6-10-19)34(23,33)27-18-13-15-20(16-14-18)30(31)32/h4-17H,1-3H3,(H,27,33)/b24-23-. The van der Waals surface area contributed by atoms with Crippen LogP contribution in [0.3, 0.4) is 0 Å². The first-order chi connectivity index (χ1) is 16.2. The fourth-order valence-electron chi connectivity index (χ4n) is 4.75. The van der Waals surface area contributed by atoms with Crippen LogP contribution >= 0.6 is 7.44 Å². The summed E-state index contributed by atoms with van der Waals surface area (Å²) in [7, 11) is -1.56. The van der Waals surface area contributed by atoms with Gasteiger partial charge in [0.25, 0.3) is 5.69 Å². The second-order valence-corrected chi connectivity index (χ2v) is 11.0. The van der Waals surface area contributed by atoms with E-state index < -0.39 is 17.8 Å². The molecule has 2 aliphatic rings. The van der Waals surface area contributed by atoms with E-state index in [-0.39, 0.29) is 5.69 Å². The molecule has 1 N–H and O–H groups in total. The number of fused-ring (bicyclic) bond motifs is 1. The predicted octanol–water partition coefficient (Wildman–Crippen LogP) is 6.35. The molecule has 0 bridgehead atoms. The van der Waals surface area contributed by atoms with Crippen molar-refractivity contribution in [3.63, 3.8) is 0 Å². The van der Waals surface area contributed by atoms with Crippen LogP contribution in [-0.2, 0) is 9.98 Å². The second kappa shape index (κ2) is 7.85. The molecule has 2 aliphatic heterocycles. The lowest BCUT2D eigenvalue weighted by Gasteiger charge is -2.31. The van der Waals surface area contributed by atoms with Crippen LogP contribution in [0.5, 0.6) is 0 Å². The average Bonchev–Trinajstić information content (AvgIpc) is 3.25. The summed E-state index contributed by atoms with van der Waals surface area (Å²) in [4.78, 5) is 12.7. The minimum absolute atomic E-state index is 0.0305. The van der Waals surface area contributed by atoms with E-state index in [9.17, 15) is 14.7 Å². The van der Waals surface area contributed by atoms with Crippen molar-refractivity contribution >= 4 is 36.4 Å². The van der Waals surface area contributed by atoms with Gasteiger partial charge in [-0.1, -0.05) is 50.2 Å². The van der Waals surface area contributed by atoms with E-state index in [0.717, 1.165) is 16.9 Å². The first-order valence-corrected chi connectivity index (χ1v) is 12.5. The van der Waals surface area contributed by atoms with Gasteiger partial charge in [-0.3, -0.25) is 14.7 Å². The van der Waals surface area contributed by atoms with E-state index in [4.69, 9.17) is 0 Å². The number of nitro groups is 1. The Labute approximate surface area is 197 Å². The number of hydrazone groups is 1. The highest BCUT2D eigenvalue weighted by Gasteiger charge is 2.48. The number of nitrogens with zero attached hydrogens (tertiary/aromatic N) is 4. The third-order valence-electron chi connectivity index (χ3n) is 6.34. The highest BCUT2D eigenvalue weighted by molar-refractivity contribution is 7.72. The molecule has 1 unspecified atom stereocenters. The van der Waals surface area contributed by atoms with Gasteiger partial charge in [-0.15, -0.1) is 0 Å². The molecule has 8 nitrogen and oxygen atoms in total. The quantitative estimate of drug-likeness (QED) is 0.270. The minimum atomic E-state index is -3.54. The topological polar surface area (TPSA) is 91.1 Å². The molecule has 0 aliphatic carbocycles. The molecule has 0 aromatic heterocycles. The number of anilines is 3. The number of likely N-dealkylation sites (N-methyl/N-ethyl adjacent to an activating group) is 1. The van der Waals surface area contributed by atoms with Crippen LogP contribution in [0.4, 0.5) is 22.7 Å². The van der Waals surface area contributed by atoms with Crippen molar-refractivity contribution in [1.29, 1.82) is 0 Å². The molecule has 0 spiro atoms. The zero-order chi connectivity index (χ0) is 24.1. The van der Waals surface area contributed by atoms with Gasteiger partial charge in [0.05, 0.1) is 22.1 Å². The summed E-state index contributed by atoms with van der Waals surface area (Å²) in [6, 6.07) is 23.4. The number of rotatable bonds is 4. The zero-order valence-corrected chi connectivity index (χ0v) is 19.9. The molecule has 0 saturated heterocycles. The summed E-state index contributed by atoms with van der Waals surface area (Å²) in [6.45, 7) is 4.24. The molecule has 1 atom stereocenters. The van der Waals surface area contributed by atoms with Gasteiger partial charge in [-0.05, 0) is 35.9 Å². The third-order valence-corrected chi connectivity index (χ3v) is 8.75. The number of hydrogen-bond acceptors (Lipinski definition) is 5. The summed E-state index contributed by atoms with van der Waals surface area (Å²) in [6.07, 6.45) is 1.67. The highest BCUT2D eigenvalue weighted by Crippen LogP contribution is 2.64. The smallest absolute Gasteiger partial charge is 0.313 e. The van der Waals surface area contributed by atoms with Gasteiger partial charge in [-0.25, -0.2) is 0 Å². The predicted molar refractivity (Wildman–Crippen MR) is 137 cm³/mol. The molecule has 3 aromatic rings. The molecule has 0 saturated carbocycles. The maximum absolute atomic E-state index is 14.9. The van der Waals surface area contributed by atoms with Crippen LogP contribution in [0.25, 0.3) is 0 Å². The monoisotopic (exact) mass is 473 g/mol. The number of nitro benzene ring substituents is 1. The lowest BCUT2D eigenvalue weighted by molar-refractivity contribution is -0.384. The van der Waals surface area contributed by atoms with Crippen LogP contribution in [-0.4, -0.2) is 18.2 Å². The van der Waals surface area contributed by atoms with Gasteiger partial charge >= 0.3 is 7.44 Å². The molecule has 3 aromatic carbocycles. The summed E-state index contributed by atoms with van der Waals surface area (Å²) in [5.74, 6) is 0. The lowest BCUT2D eigenvalue weighted by Crippen LogP contribution is -2.26. The van der Waals surface area contributed by atoms with Gasteiger partial charge in [0, 0.05) is 41.7 Å². The molecule has 172 valence electrons. The number of nitrogens with one attached hydrogen (secondary N) is 1. The fourth-order valence-corrected chi connectivity index (χ4v) is 7.25. The Hall–Kier alpha value is -3.90. The van der Waals surface area contributed by atoms with Crippen LogP contribution < -0.4 is 14.8 Å². The number of hydrogen-bond donors (Lipinski definition) is 1. The van der Waals surface area contributed by atoms with E-state index in [1.807, 2.05) is 49.5 Å². The molecule has 34 heavy (non-hydrogen) atoms. The van der Waals surface area contributed by atoms with Crippen molar-refractivity contribution in [2.75, 3.05) is 21.8 Å². The van der Waals surface area contributed by atoms with Crippen molar-refractivity contribution in [3.8, 4) is 0 Å². The minimum Gasteiger partial charge on any atom is -0.346 e. The molecule has 2 heterocycles. The number of para-hydroxylation sites is 2. The maximum Gasteiger partial charge on any atom is 0.313 e. The van der Waals surface area contributed by atoms with Crippen molar-refractivity contribution < 1.29 is 9.49 Å². The fraction of sp³-hybridized carbons (Fsp3) is 0.160. The lowest BCUT2D eigenvalue weighted by atomic mass is 9.84. The number of non-ortho nitro benzene ring substituents is 1. The Morgan fingerprint density at radius 3 is 2.26 bits per heavy atom. The average molecular weight is 473 g/mol. The van der Waals surface area contributed by atoms with Crippen molar-refractivity contribution in [3.05, 3.63) is 106 Å². The van der Waals surface area contributed by atoms with E-state index in [0.29, 0.717) is 16.7 Å². The van der Waals surface area contributed by atoms with Crippen LogP contribution in [0.2, 0.25) is 0 Å². The Balaban J connectivity index is 1.67. The summed E-state index contributed by atoms with van der Waals surface area (Å²) in [5, 5.41) is 19.5. The normalized spacial score (nSPS) is 22.7. The van der Waals surface area contributed by atoms with Crippen molar-refractivity contribution in [2.24, 2.45) is 5.10 Å². The number of allylic oxidation sites excluding steroid dienone is 2. The molecule has 0 fully saturated rings. The second-order valence-electron chi connectivity index (χ2n) is 8.80. The van der Waals surface area contributed by atoms with E-state index in [1.165, 1.54) is 16.9 Å². The first-order valence-electron chi connectivity index (χ1n) is 10.8. The maximum atomic E-state index is 14.9. The molecule has 5 rings (SSSR count). The van der Waals surface area contributed by atoms with Crippen molar-refractivity contribution in [1.82, 2.24) is 0 Å². The molecular weight excluding hydrogens is 449 g/mol. The Morgan fingerprint density at radius 2 is 1.62 bits per heavy atom. The van der Waals surface area contributed by atoms with E-state index in [2.05, 4.69) is 41.1 Å². The molecule has 9 heteroatoms. The zero-order valence-electron chi connectivity index (χ0n) is 19.0.